The largest absolute Gasteiger partial charge is 0.467 e. The first-order valence-electron chi connectivity index (χ1n) is 7.98. The lowest BCUT2D eigenvalue weighted by Crippen LogP contribution is -2.52. The fourth-order valence-electron chi connectivity index (χ4n) is 3.50. The Hall–Kier alpha value is -2.79. The van der Waals surface area contributed by atoms with Crippen molar-refractivity contribution in [2.75, 3.05) is 7.11 Å². The van der Waals surface area contributed by atoms with Crippen LogP contribution >= 0.6 is 0 Å². The Morgan fingerprint density at radius 1 is 1.04 bits per heavy atom. The van der Waals surface area contributed by atoms with Crippen molar-refractivity contribution in [3.05, 3.63) is 71.8 Å². The fourth-order valence-corrected chi connectivity index (χ4v) is 3.50. The minimum atomic E-state index is -2.47. The highest BCUT2D eigenvalue weighted by atomic mass is 16.5. The Labute approximate surface area is 145 Å². The highest BCUT2D eigenvalue weighted by Crippen LogP contribution is 2.46. The third-order valence-electron chi connectivity index (χ3n) is 4.75. The standard InChI is InChI=1S/C20H18O5/c1-25-19(23)20(24)16(21)12-15(13-8-4-2-5-9-13)17(20)18(22)14-10-6-3-7-11-14/h2-11,15,17,24H,12H2,1H3/t15-,17-,20+/m0/s1. The molecule has 0 radical (unpaired) electrons. The van der Waals surface area contributed by atoms with Crippen LogP contribution in [0.4, 0.5) is 0 Å². The smallest absolute Gasteiger partial charge is 0.346 e. The predicted molar refractivity (Wildman–Crippen MR) is 90.0 cm³/mol. The van der Waals surface area contributed by atoms with Crippen LogP contribution < -0.4 is 0 Å². The average Bonchev–Trinajstić information content (AvgIpc) is 2.94. The van der Waals surface area contributed by atoms with Gasteiger partial charge in [-0.3, -0.25) is 9.59 Å². The van der Waals surface area contributed by atoms with Gasteiger partial charge in [-0.2, -0.15) is 0 Å². The predicted octanol–water partition coefficient (Wildman–Crippen LogP) is 2.15. The molecule has 0 saturated heterocycles. The molecule has 0 spiro atoms. The molecule has 2 aromatic carbocycles. The number of aliphatic hydroxyl groups is 1. The van der Waals surface area contributed by atoms with E-state index in [0.717, 1.165) is 12.7 Å². The third-order valence-corrected chi connectivity index (χ3v) is 4.75. The zero-order chi connectivity index (χ0) is 18.0. The van der Waals surface area contributed by atoms with Gasteiger partial charge in [-0.1, -0.05) is 60.7 Å². The maximum absolute atomic E-state index is 13.1. The van der Waals surface area contributed by atoms with Gasteiger partial charge in [0.05, 0.1) is 13.0 Å². The van der Waals surface area contributed by atoms with Gasteiger partial charge in [-0.25, -0.2) is 4.79 Å². The van der Waals surface area contributed by atoms with E-state index in [9.17, 15) is 19.5 Å². The number of ketones is 2. The number of esters is 1. The van der Waals surface area contributed by atoms with Gasteiger partial charge in [0.25, 0.3) is 0 Å². The van der Waals surface area contributed by atoms with Gasteiger partial charge in [-0.05, 0) is 5.56 Å². The van der Waals surface area contributed by atoms with Crippen molar-refractivity contribution in [3.63, 3.8) is 0 Å². The van der Waals surface area contributed by atoms with Gasteiger partial charge in [0, 0.05) is 17.9 Å². The van der Waals surface area contributed by atoms with E-state index in [-0.39, 0.29) is 6.42 Å². The van der Waals surface area contributed by atoms with Gasteiger partial charge in [-0.15, -0.1) is 0 Å². The zero-order valence-electron chi connectivity index (χ0n) is 13.7. The molecule has 1 aliphatic rings. The molecule has 1 saturated carbocycles. The van der Waals surface area contributed by atoms with E-state index in [1.807, 2.05) is 6.07 Å². The highest BCUT2D eigenvalue weighted by Gasteiger charge is 2.62. The van der Waals surface area contributed by atoms with Crippen LogP contribution in [0.5, 0.6) is 0 Å². The Kier molecular flexibility index (Phi) is 4.51. The number of rotatable bonds is 4. The molecule has 0 bridgehead atoms. The van der Waals surface area contributed by atoms with Crippen LogP contribution in [0.3, 0.4) is 0 Å². The van der Waals surface area contributed by atoms with Gasteiger partial charge in [0.15, 0.2) is 11.6 Å². The lowest BCUT2D eigenvalue weighted by atomic mass is 9.77. The van der Waals surface area contributed by atoms with Gasteiger partial charge < -0.3 is 9.84 Å². The molecule has 0 aromatic heterocycles. The molecule has 5 nitrogen and oxygen atoms in total. The van der Waals surface area contributed by atoms with E-state index in [4.69, 9.17) is 0 Å². The van der Waals surface area contributed by atoms with Crippen molar-refractivity contribution in [3.8, 4) is 0 Å². The van der Waals surface area contributed by atoms with Crippen LogP contribution in [0.2, 0.25) is 0 Å². The first-order valence-corrected chi connectivity index (χ1v) is 7.98. The minimum Gasteiger partial charge on any atom is -0.467 e. The van der Waals surface area contributed by atoms with Gasteiger partial charge >= 0.3 is 5.97 Å². The first-order chi connectivity index (χ1) is 12.0. The van der Waals surface area contributed by atoms with E-state index in [1.54, 1.807) is 54.6 Å². The summed E-state index contributed by atoms with van der Waals surface area (Å²) in [5.74, 6) is -4.05. The number of hydrogen-bond donors (Lipinski definition) is 1. The Morgan fingerprint density at radius 2 is 1.60 bits per heavy atom. The molecule has 25 heavy (non-hydrogen) atoms. The van der Waals surface area contributed by atoms with Crippen molar-refractivity contribution >= 4 is 17.5 Å². The van der Waals surface area contributed by atoms with Crippen LogP contribution in [0, 0.1) is 5.92 Å². The fraction of sp³-hybridized carbons (Fsp3) is 0.250. The first kappa shape index (κ1) is 17.0. The quantitative estimate of drug-likeness (QED) is 0.525. The second-order valence-corrected chi connectivity index (χ2v) is 6.11. The third kappa shape index (κ3) is 2.76. The molecule has 2 aromatic rings. The molecule has 0 amide bonds. The summed E-state index contributed by atoms with van der Waals surface area (Å²) in [6.07, 6.45) is -0.0984. The van der Waals surface area contributed by atoms with Crippen LogP contribution in [0.1, 0.15) is 28.3 Å². The minimum absolute atomic E-state index is 0.0984. The van der Waals surface area contributed by atoms with Crippen LogP contribution in [0.25, 0.3) is 0 Å². The second kappa shape index (κ2) is 6.61. The summed E-state index contributed by atoms with van der Waals surface area (Å²) in [5.41, 5.74) is -1.40. The Bertz CT molecular complexity index is 799. The summed E-state index contributed by atoms with van der Waals surface area (Å²) >= 11 is 0. The Balaban J connectivity index is 2.12. The molecule has 1 aliphatic carbocycles. The summed E-state index contributed by atoms with van der Waals surface area (Å²) < 4.78 is 4.65. The maximum atomic E-state index is 13.1. The lowest BCUT2D eigenvalue weighted by Gasteiger charge is -2.28. The van der Waals surface area contributed by atoms with Crippen molar-refractivity contribution in [1.29, 1.82) is 0 Å². The monoisotopic (exact) mass is 338 g/mol. The van der Waals surface area contributed by atoms with E-state index in [2.05, 4.69) is 4.74 Å². The summed E-state index contributed by atoms with van der Waals surface area (Å²) in [6, 6.07) is 17.3. The number of carbonyl (C=O) groups is 3. The molecule has 5 heteroatoms. The molecule has 0 heterocycles. The van der Waals surface area contributed by atoms with E-state index >= 15 is 0 Å². The molecule has 128 valence electrons. The second-order valence-electron chi connectivity index (χ2n) is 6.11. The van der Waals surface area contributed by atoms with Crippen molar-refractivity contribution in [2.45, 2.75) is 17.9 Å². The molecule has 0 unspecified atom stereocenters. The molecule has 3 atom stereocenters. The SMILES string of the molecule is COC(=O)[C@@]1(O)C(=O)C[C@@H](c2ccccc2)[C@H]1C(=O)c1ccccc1. The normalized spacial score (nSPS) is 25.6. The summed E-state index contributed by atoms with van der Waals surface area (Å²) in [5, 5.41) is 10.9. The number of hydrogen-bond acceptors (Lipinski definition) is 5. The van der Waals surface area contributed by atoms with E-state index in [1.165, 1.54) is 0 Å². The molecule has 3 rings (SSSR count). The maximum Gasteiger partial charge on any atom is 0.346 e. The van der Waals surface area contributed by atoms with E-state index < -0.39 is 35.0 Å². The average molecular weight is 338 g/mol. The molecular formula is C20H18O5. The van der Waals surface area contributed by atoms with Crippen molar-refractivity contribution in [2.24, 2.45) is 5.92 Å². The zero-order valence-corrected chi connectivity index (χ0v) is 13.7. The molecule has 0 aliphatic heterocycles. The molecular weight excluding hydrogens is 320 g/mol. The van der Waals surface area contributed by atoms with Crippen LogP contribution in [0.15, 0.2) is 60.7 Å². The highest BCUT2D eigenvalue weighted by molar-refractivity contribution is 6.16. The van der Waals surface area contributed by atoms with Gasteiger partial charge in [0.1, 0.15) is 0 Å². The van der Waals surface area contributed by atoms with E-state index in [0.29, 0.717) is 5.56 Å². The van der Waals surface area contributed by atoms with Crippen LogP contribution in [-0.2, 0) is 14.3 Å². The molecule has 1 fully saturated rings. The number of Topliss-reactive ketones (excluding diaryl/α,β-unsaturated/α-hetero) is 2. The number of benzene rings is 2. The summed E-state index contributed by atoms with van der Waals surface area (Å²) in [7, 11) is 1.09. The number of ether oxygens (including phenoxy) is 1. The van der Waals surface area contributed by atoms with Crippen molar-refractivity contribution < 1.29 is 24.2 Å². The lowest BCUT2D eigenvalue weighted by molar-refractivity contribution is -0.169. The summed E-state index contributed by atoms with van der Waals surface area (Å²) in [4.78, 5) is 37.8. The Morgan fingerprint density at radius 3 is 2.16 bits per heavy atom. The van der Waals surface area contributed by atoms with Gasteiger partial charge in [0.2, 0.25) is 5.60 Å². The topological polar surface area (TPSA) is 80.7 Å². The number of carbonyl (C=O) groups excluding carboxylic acids is 3. The molecule has 1 N–H and O–H groups in total. The van der Waals surface area contributed by atoms with Crippen LogP contribution in [-0.4, -0.2) is 35.4 Å². The summed E-state index contributed by atoms with van der Waals surface area (Å²) in [6.45, 7) is 0. The number of methoxy groups -OCH3 is 1. The van der Waals surface area contributed by atoms with Crippen molar-refractivity contribution in [1.82, 2.24) is 0 Å².